The number of aliphatic hydroxyl groups is 1. The highest BCUT2D eigenvalue weighted by molar-refractivity contribution is 9.10. The van der Waals surface area contributed by atoms with E-state index in [1.807, 2.05) is 0 Å². The molecule has 90 valence electrons. The van der Waals surface area contributed by atoms with Crippen molar-refractivity contribution in [2.45, 2.75) is 19.3 Å². The van der Waals surface area contributed by atoms with Crippen LogP contribution in [-0.4, -0.2) is 11.7 Å². The van der Waals surface area contributed by atoms with Gasteiger partial charge in [-0.2, -0.15) is 0 Å². The third-order valence-corrected chi connectivity index (χ3v) is 3.33. The second kappa shape index (κ2) is 4.55. The predicted octanol–water partition coefficient (Wildman–Crippen LogP) is 3.79. The van der Waals surface area contributed by atoms with Crippen LogP contribution in [0.3, 0.4) is 0 Å². The van der Waals surface area contributed by atoms with Gasteiger partial charge in [-0.1, -0.05) is 25.4 Å². The molecule has 1 aromatic rings. The molecular formula is C10H9BrClF3O. The Labute approximate surface area is 104 Å². The van der Waals surface area contributed by atoms with E-state index in [-0.39, 0.29) is 5.56 Å². The van der Waals surface area contributed by atoms with Crippen molar-refractivity contribution in [1.29, 1.82) is 0 Å². The first kappa shape index (κ1) is 13.8. The number of aliphatic hydroxyl groups excluding tert-OH is 1. The molecule has 1 rings (SSSR count). The molecule has 0 bridgehead atoms. The summed E-state index contributed by atoms with van der Waals surface area (Å²) in [6, 6.07) is 0. The Morgan fingerprint density at radius 2 is 1.69 bits per heavy atom. The summed E-state index contributed by atoms with van der Waals surface area (Å²) in [6.45, 7) is 2.39. The molecule has 0 saturated carbocycles. The molecule has 1 aromatic carbocycles. The Morgan fingerprint density at radius 3 is 2.12 bits per heavy atom. The zero-order valence-electron chi connectivity index (χ0n) is 8.54. The fourth-order valence-electron chi connectivity index (χ4n) is 1.28. The molecule has 0 aromatic heterocycles. The molecule has 0 amide bonds. The highest BCUT2D eigenvalue weighted by Gasteiger charge is 2.32. The standard InChI is InChI=1S/C10H9BrClF3O/c1-10(2,3-16)4-6(12)8(14)5(11)9(15)7(4)13/h16H,3H2,1-2H3. The lowest BCUT2D eigenvalue weighted by Crippen LogP contribution is -2.25. The summed E-state index contributed by atoms with van der Waals surface area (Å²) in [7, 11) is 0. The van der Waals surface area contributed by atoms with E-state index in [4.69, 9.17) is 16.7 Å². The van der Waals surface area contributed by atoms with E-state index in [0.29, 0.717) is 0 Å². The van der Waals surface area contributed by atoms with Crippen molar-refractivity contribution in [3.8, 4) is 0 Å². The molecule has 0 radical (unpaired) electrons. The maximum Gasteiger partial charge on any atom is 0.176 e. The van der Waals surface area contributed by atoms with Crippen molar-refractivity contribution in [2.24, 2.45) is 0 Å². The van der Waals surface area contributed by atoms with E-state index < -0.39 is 39.0 Å². The van der Waals surface area contributed by atoms with Gasteiger partial charge in [-0.25, -0.2) is 13.2 Å². The molecule has 1 N–H and O–H groups in total. The van der Waals surface area contributed by atoms with Crippen molar-refractivity contribution in [3.63, 3.8) is 0 Å². The average molecular weight is 318 g/mol. The predicted molar refractivity (Wildman–Crippen MR) is 59.1 cm³/mol. The largest absolute Gasteiger partial charge is 0.395 e. The molecule has 0 fully saturated rings. The van der Waals surface area contributed by atoms with Gasteiger partial charge >= 0.3 is 0 Å². The summed E-state index contributed by atoms with van der Waals surface area (Å²) in [4.78, 5) is 0. The van der Waals surface area contributed by atoms with Crippen molar-refractivity contribution in [3.05, 3.63) is 32.5 Å². The monoisotopic (exact) mass is 316 g/mol. The summed E-state index contributed by atoms with van der Waals surface area (Å²) in [6.07, 6.45) is 0. The van der Waals surface area contributed by atoms with Crippen LogP contribution < -0.4 is 0 Å². The zero-order valence-corrected chi connectivity index (χ0v) is 10.9. The van der Waals surface area contributed by atoms with Gasteiger partial charge in [0.15, 0.2) is 17.5 Å². The van der Waals surface area contributed by atoms with Gasteiger partial charge in [0.05, 0.1) is 16.1 Å². The molecule has 1 nitrogen and oxygen atoms in total. The summed E-state index contributed by atoms with van der Waals surface area (Å²) in [5, 5.41) is 8.54. The summed E-state index contributed by atoms with van der Waals surface area (Å²) in [5.74, 6) is -3.67. The van der Waals surface area contributed by atoms with Crippen LogP contribution in [0.4, 0.5) is 13.2 Å². The number of hydrogen-bond acceptors (Lipinski definition) is 1. The van der Waals surface area contributed by atoms with Crippen molar-refractivity contribution < 1.29 is 18.3 Å². The number of hydrogen-bond donors (Lipinski definition) is 1. The molecule has 0 aliphatic heterocycles. The number of rotatable bonds is 2. The molecule has 16 heavy (non-hydrogen) atoms. The Kier molecular flexibility index (Phi) is 3.92. The molecule has 0 aliphatic carbocycles. The lowest BCUT2D eigenvalue weighted by Gasteiger charge is -2.24. The van der Waals surface area contributed by atoms with Gasteiger partial charge in [-0.05, 0) is 15.9 Å². The molecule has 6 heteroatoms. The van der Waals surface area contributed by atoms with Crippen LogP contribution in [0.1, 0.15) is 19.4 Å². The zero-order chi connectivity index (χ0) is 12.7. The minimum Gasteiger partial charge on any atom is -0.395 e. The van der Waals surface area contributed by atoms with Crippen LogP contribution in [0.5, 0.6) is 0 Å². The fraction of sp³-hybridized carbons (Fsp3) is 0.400. The van der Waals surface area contributed by atoms with E-state index >= 15 is 0 Å². The highest BCUT2D eigenvalue weighted by Crippen LogP contribution is 2.38. The van der Waals surface area contributed by atoms with Crippen LogP contribution in [0.25, 0.3) is 0 Å². The van der Waals surface area contributed by atoms with Crippen molar-refractivity contribution in [1.82, 2.24) is 0 Å². The molecule has 0 unspecified atom stereocenters. The van der Waals surface area contributed by atoms with Crippen LogP contribution in [0.2, 0.25) is 5.02 Å². The molecule has 0 spiro atoms. The van der Waals surface area contributed by atoms with E-state index in [2.05, 4.69) is 15.9 Å². The van der Waals surface area contributed by atoms with Crippen molar-refractivity contribution >= 4 is 27.5 Å². The first-order valence-corrected chi connectivity index (χ1v) is 5.54. The highest BCUT2D eigenvalue weighted by atomic mass is 79.9. The fourth-order valence-corrected chi connectivity index (χ4v) is 2.20. The number of halogens is 5. The second-order valence-corrected chi connectivity index (χ2v) is 5.16. The van der Waals surface area contributed by atoms with Gasteiger partial charge in [0.1, 0.15) is 0 Å². The van der Waals surface area contributed by atoms with Crippen LogP contribution in [-0.2, 0) is 5.41 Å². The van der Waals surface area contributed by atoms with Gasteiger partial charge in [0, 0.05) is 11.0 Å². The normalized spacial score (nSPS) is 12.0. The van der Waals surface area contributed by atoms with Crippen LogP contribution in [0.15, 0.2) is 4.47 Å². The third kappa shape index (κ3) is 2.08. The Bertz CT molecular complexity index is 406. The van der Waals surface area contributed by atoms with Crippen LogP contribution in [0, 0.1) is 17.5 Å². The first-order chi connectivity index (χ1) is 7.24. The van der Waals surface area contributed by atoms with Gasteiger partial charge in [0.2, 0.25) is 0 Å². The van der Waals surface area contributed by atoms with Gasteiger partial charge < -0.3 is 5.11 Å². The third-order valence-electron chi connectivity index (χ3n) is 2.28. The molecule has 0 atom stereocenters. The van der Waals surface area contributed by atoms with Crippen LogP contribution >= 0.6 is 27.5 Å². The minimum absolute atomic E-state index is 0.366. The van der Waals surface area contributed by atoms with Gasteiger partial charge in [0.25, 0.3) is 0 Å². The summed E-state index contributed by atoms with van der Waals surface area (Å²) >= 11 is 8.18. The second-order valence-electron chi connectivity index (χ2n) is 3.99. The lowest BCUT2D eigenvalue weighted by atomic mass is 9.85. The lowest BCUT2D eigenvalue weighted by molar-refractivity contribution is 0.213. The SMILES string of the molecule is CC(C)(CO)c1c(F)c(F)c(Br)c(F)c1Cl. The maximum atomic E-state index is 13.6. The Balaban J connectivity index is 3.65. The molecule has 0 aliphatic rings. The maximum absolute atomic E-state index is 13.6. The molecule has 0 heterocycles. The summed E-state index contributed by atoms with van der Waals surface area (Å²) < 4.78 is 39.7. The van der Waals surface area contributed by atoms with E-state index in [9.17, 15) is 13.2 Å². The van der Waals surface area contributed by atoms with E-state index in [1.165, 1.54) is 13.8 Å². The summed E-state index contributed by atoms with van der Waals surface area (Å²) in [5.41, 5.74) is -1.53. The molecule has 0 saturated heterocycles. The average Bonchev–Trinajstić information content (AvgIpc) is 2.23. The topological polar surface area (TPSA) is 20.2 Å². The van der Waals surface area contributed by atoms with Gasteiger partial charge in [-0.3, -0.25) is 0 Å². The molecular weight excluding hydrogens is 308 g/mol. The first-order valence-electron chi connectivity index (χ1n) is 4.36. The Hall–Kier alpha value is -0.260. The minimum atomic E-state index is -1.35. The van der Waals surface area contributed by atoms with E-state index in [0.717, 1.165) is 0 Å². The Morgan fingerprint density at radius 1 is 1.19 bits per heavy atom. The van der Waals surface area contributed by atoms with E-state index in [1.54, 1.807) is 0 Å². The number of benzene rings is 1. The van der Waals surface area contributed by atoms with Crippen molar-refractivity contribution in [2.75, 3.05) is 6.61 Å². The quantitative estimate of drug-likeness (QED) is 0.650. The van der Waals surface area contributed by atoms with Gasteiger partial charge in [-0.15, -0.1) is 0 Å². The smallest absolute Gasteiger partial charge is 0.176 e.